The summed E-state index contributed by atoms with van der Waals surface area (Å²) in [7, 11) is 0. The SMILES string of the molecule is NC(=S)c1ccc(N2CC3CCCC3C2)cc1C(F)(F)F. The van der Waals surface area contributed by atoms with E-state index in [0.717, 1.165) is 13.1 Å². The zero-order valence-corrected chi connectivity index (χ0v) is 12.3. The van der Waals surface area contributed by atoms with Gasteiger partial charge in [-0.2, -0.15) is 13.2 Å². The summed E-state index contributed by atoms with van der Waals surface area (Å²) in [4.78, 5) is 1.85. The molecule has 0 aromatic heterocycles. The number of nitrogens with zero attached hydrogens (tertiary/aromatic N) is 1. The van der Waals surface area contributed by atoms with E-state index in [1.54, 1.807) is 6.07 Å². The van der Waals surface area contributed by atoms with Crippen molar-refractivity contribution in [2.45, 2.75) is 25.4 Å². The zero-order chi connectivity index (χ0) is 15.2. The molecule has 2 aliphatic rings. The van der Waals surface area contributed by atoms with Crippen molar-refractivity contribution < 1.29 is 13.2 Å². The van der Waals surface area contributed by atoms with Crippen molar-refractivity contribution in [1.82, 2.24) is 0 Å². The van der Waals surface area contributed by atoms with Gasteiger partial charge in [-0.25, -0.2) is 0 Å². The third-order valence-electron chi connectivity index (χ3n) is 4.67. The van der Waals surface area contributed by atoms with Crippen LogP contribution >= 0.6 is 12.2 Å². The van der Waals surface area contributed by atoms with E-state index in [2.05, 4.69) is 4.90 Å². The second-order valence-corrected chi connectivity index (χ2v) is 6.39. The molecule has 114 valence electrons. The van der Waals surface area contributed by atoms with Crippen LogP contribution in [0.25, 0.3) is 0 Å². The highest BCUT2D eigenvalue weighted by molar-refractivity contribution is 7.80. The lowest BCUT2D eigenvalue weighted by Gasteiger charge is -2.22. The van der Waals surface area contributed by atoms with Crippen LogP contribution in [0.4, 0.5) is 18.9 Å². The van der Waals surface area contributed by atoms with E-state index in [1.165, 1.54) is 31.4 Å². The maximum absolute atomic E-state index is 13.2. The van der Waals surface area contributed by atoms with E-state index in [9.17, 15) is 13.2 Å². The highest BCUT2D eigenvalue weighted by Gasteiger charge is 2.38. The maximum Gasteiger partial charge on any atom is 0.417 e. The van der Waals surface area contributed by atoms with Crippen molar-refractivity contribution in [2.75, 3.05) is 18.0 Å². The molecular weight excluding hydrogens is 297 g/mol. The Morgan fingerprint density at radius 3 is 2.33 bits per heavy atom. The van der Waals surface area contributed by atoms with Crippen LogP contribution in [-0.4, -0.2) is 18.1 Å². The molecule has 1 aliphatic heterocycles. The zero-order valence-electron chi connectivity index (χ0n) is 11.5. The molecule has 2 fully saturated rings. The predicted octanol–water partition coefficient (Wildman–Crippen LogP) is 3.58. The molecule has 0 bridgehead atoms. The molecule has 0 radical (unpaired) electrons. The van der Waals surface area contributed by atoms with Gasteiger partial charge in [0.1, 0.15) is 4.99 Å². The molecule has 2 N–H and O–H groups in total. The smallest absolute Gasteiger partial charge is 0.389 e. The summed E-state index contributed by atoms with van der Waals surface area (Å²) >= 11 is 4.73. The first kappa shape index (κ1) is 14.6. The molecule has 0 spiro atoms. The molecule has 2 nitrogen and oxygen atoms in total. The first-order valence-electron chi connectivity index (χ1n) is 7.12. The van der Waals surface area contributed by atoms with Gasteiger partial charge >= 0.3 is 6.18 Å². The van der Waals surface area contributed by atoms with Crippen molar-refractivity contribution in [3.63, 3.8) is 0 Å². The van der Waals surface area contributed by atoms with Crippen molar-refractivity contribution in [3.8, 4) is 0 Å². The van der Waals surface area contributed by atoms with Crippen LogP contribution in [0.3, 0.4) is 0 Å². The van der Waals surface area contributed by atoms with E-state index >= 15 is 0 Å². The van der Waals surface area contributed by atoms with Crippen LogP contribution in [0.15, 0.2) is 18.2 Å². The van der Waals surface area contributed by atoms with Gasteiger partial charge in [0.05, 0.1) is 5.56 Å². The van der Waals surface area contributed by atoms with Gasteiger partial charge in [-0.15, -0.1) is 0 Å². The Bertz CT molecular complexity index is 559. The van der Waals surface area contributed by atoms with Gasteiger partial charge < -0.3 is 10.6 Å². The molecule has 1 heterocycles. The monoisotopic (exact) mass is 314 g/mol. The number of benzene rings is 1. The van der Waals surface area contributed by atoms with Crippen molar-refractivity contribution in [1.29, 1.82) is 0 Å². The summed E-state index contributed by atoms with van der Waals surface area (Å²) in [6, 6.07) is 4.29. The third kappa shape index (κ3) is 2.73. The number of rotatable bonds is 2. The van der Waals surface area contributed by atoms with Crippen molar-refractivity contribution in [2.24, 2.45) is 17.6 Å². The van der Waals surface area contributed by atoms with Gasteiger partial charge in [0.2, 0.25) is 0 Å². The molecule has 1 saturated carbocycles. The topological polar surface area (TPSA) is 29.3 Å². The van der Waals surface area contributed by atoms with E-state index in [4.69, 9.17) is 18.0 Å². The van der Waals surface area contributed by atoms with E-state index < -0.39 is 11.7 Å². The highest BCUT2D eigenvalue weighted by Crippen LogP contribution is 2.41. The molecule has 3 rings (SSSR count). The summed E-state index contributed by atoms with van der Waals surface area (Å²) in [6.07, 6.45) is -0.807. The number of hydrogen-bond acceptors (Lipinski definition) is 2. The summed E-state index contributed by atoms with van der Waals surface area (Å²) < 4.78 is 39.5. The van der Waals surface area contributed by atoms with Gasteiger partial charge in [0.15, 0.2) is 0 Å². The molecule has 1 aromatic rings. The van der Waals surface area contributed by atoms with Crippen molar-refractivity contribution in [3.05, 3.63) is 29.3 Å². The van der Waals surface area contributed by atoms with Gasteiger partial charge in [-0.3, -0.25) is 0 Å². The summed E-state index contributed by atoms with van der Waals surface area (Å²) in [6.45, 7) is 1.71. The molecule has 2 unspecified atom stereocenters. The van der Waals surface area contributed by atoms with Crippen LogP contribution in [0.1, 0.15) is 30.4 Å². The second-order valence-electron chi connectivity index (χ2n) is 5.95. The highest BCUT2D eigenvalue weighted by atomic mass is 32.1. The molecule has 1 aliphatic carbocycles. The first-order chi connectivity index (χ1) is 9.86. The number of fused-ring (bicyclic) bond motifs is 1. The summed E-state index contributed by atoms with van der Waals surface area (Å²) in [5.41, 5.74) is 5.20. The van der Waals surface area contributed by atoms with Crippen LogP contribution in [0, 0.1) is 11.8 Å². The molecule has 0 amide bonds. The number of alkyl halides is 3. The minimum Gasteiger partial charge on any atom is -0.389 e. The Morgan fingerprint density at radius 1 is 1.19 bits per heavy atom. The molecule has 2 atom stereocenters. The number of thiocarbonyl (C=S) groups is 1. The Labute approximate surface area is 127 Å². The van der Waals surface area contributed by atoms with Crippen LogP contribution in [0.2, 0.25) is 0 Å². The summed E-state index contributed by atoms with van der Waals surface area (Å²) in [5, 5.41) is 0. The fourth-order valence-corrected chi connectivity index (χ4v) is 3.80. The Hall–Kier alpha value is -1.30. The number of hydrogen-bond donors (Lipinski definition) is 1. The second kappa shape index (κ2) is 5.16. The fourth-order valence-electron chi connectivity index (χ4n) is 3.62. The Kier molecular flexibility index (Phi) is 3.59. The normalized spacial score (nSPS) is 25.2. The fraction of sp³-hybridized carbons (Fsp3) is 0.533. The average Bonchev–Trinajstić information content (AvgIpc) is 2.97. The van der Waals surface area contributed by atoms with E-state index in [0.29, 0.717) is 17.5 Å². The molecule has 1 saturated heterocycles. The standard InChI is InChI=1S/C15H17F3N2S/c16-15(17,18)13-6-11(4-5-12(13)14(19)21)20-7-9-2-1-3-10(9)8-20/h4-6,9-10H,1-3,7-8H2,(H2,19,21). The lowest BCUT2D eigenvalue weighted by molar-refractivity contribution is -0.137. The lowest BCUT2D eigenvalue weighted by atomic mass is 10.0. The quantitative estimate of drug-likeness (QED) is 0.846. The van der Waals surface area contributed by atoms with Crippen LogP contribution in [0.5, 0.6) is 0 Å². The molecular formula is C15H17F3N2S. The van der Waals surface area contributed by atoms with Gasteiger partial charge in [0.25, 0.3) is 0 Å². The third-order valence-corrected chi connectivity index (χ3v) is 4.89. The van der Waals surface area contributed by atoms with Gasteiger partial charge in [-0.1, -0.05) is 18.6 Å². The van der Waals surface area contributed by atoms with E-state index in [-0.39, 0.29) is 10.6 Å². The minimum atomic E-state index is -4.44. The van der Waals surface area contributed by atoms with Gasteiger partial charge in [-0.05, 0) is 42.9 Å². The Morgan fingerprint density at radius 2 is 1.81 bits per heavy atom. The van der Waals surface area contributed by atoms with Crippen molar-refractivity contribution >= 4 is 22.9 Å². The number of halogens is 3. The minimum absolute atomic E-state index is 0.0966. The molecule has 21 heavy (non-hydrogen) atoms. The van der Waals surface area contributed by atoms with Crippen LogP contribution in [-0.2, 0) is 6.18 Å². The molecule has 1 aromatic carbocycles. The van der Waals surface area contributed by atoms with E-state index in [1.807, 2.05) is 0 Å². The van der Waals surface area contributed by atoms with Crippen LogP contribution < -0.4 is 10.6 Å². The first-order valence-corrected chi connectivity index (χ1v) is 7.53. The Balaban J connectivity index is 1.92. The predicted molar refractivity (Wildman–Crippen MR) is 80.4 cm³/mol. The average molecular weight is 314 g/mol. The largest absolute Gasteiger partial charge is 0.417 e. The number of anilines is 1. The molecule has 6 heteroatoms. The number of nitrogens with two attached hydrogens (primary N) is 1. The summed E-state index contributed by atoms with van der Waals surface area (Å²) in [5.74, 6) is 1.27. The maximum atomic E-state index is 13.2. The van der Waals surface area contributed by atoms with Gasteiger partial charge in [0, 0.05) is 24.3 Å². The lowest BCUT2D eigenvalue weighted by Crippen LogP contribution is -2.23.